The fraction of sp³-hybridized carbons (Fsp3) is 0.286. The first kappa shape index (κ1) is 12.5. The molecule has 0 aliphatic heterocycles. The Labute approximate surface area is 107 Å². The standard InChI is InChI=1S/C14H17N3O/c1-10-4-7-14(18-3)12(8-10)13-6-5-11(9-15-2)16-17-13/h4-8,15H,9H2,1-3H3. The van der Waals surface area contributed by atoms with Crippen LogP contribution in [0.15, 0.2) is 30.3 Å². The Morgan fingerprint density at radius 1 is 1.17 bits per heavy atom. The quantitative estimate of drug-likeness (QED) is 0.894. The molecule has 0 spiro atoms. The maximum atomic E-state index is 5.35. The second-order valence-electron chi connectivity index (χ2n) is 4.14. The van der Waals surface area contributed by atoms with E-state index in [1.54, 1.807) is 7.11 Å². The van der Waals surface area contributed by atoms with E-state index in [4.69, 9.17) is 4.74 Å². The Bertz CT molecular complexity index is 523. The Morgan fingerprint density at radius 2 is 2.00 bits per heavy atom. The Kier molecular flexibility index (Phi) is 3.89. The summed E-state index contributed by atoms with van der Waals surface area (Å²) in [4.78, 5) is 0. The van der Waals surface area contributed by atoms with Gasteiger partial charge in [0.1, 0.15) is 5.75 Å². The third-order valence-electron chi connectivity index (χ3n) is 2.71. The van der Waals surface area contributed by atoms with E-state index in [1.165, 1.54) is 5.56 Å². The van der Waals surface area contributed by atoms with Crippen molar-refractivity contribution in [2.24, 2.45) is 0 Å². The molecule has 1 aromatic heterocycles. The number of hydrogen-bond acceptors (Lipinski definition) is 4. The summed E-state index contributed by atoms with van der Waals surface area (Å²) in [6.45, 7) is 2.77. The van der Waals surface area contributed by atoms with Gasteiger partial charge in [0.2, 0.25) is 0 Å². The van der Waals surface area contributed by atoms with Crippen LogP contribution >= 0.6 is 0 Å². The van der Waals surface area contributed by atoms with Crippen LogP contribution < -0.4 is 10.1 Å². The summed E-state index contributed by atoms with van der Waals surface area (Å²) >= 11 is 0. The normalized spacial score (nSPS) is 10.4. The van der Waals surface area contributed by atoms with Gasteiger partial charge in [-0.3, -0.25) is 0 Å². The predicted molar refractivity (Wildman–Crippen MR) is 71.5 cm³/mol. The molecular formula is C14H17N3O. The molecule has 0 amide bonds. The highest BCUT2D eigenvalue weighted by atomic mass is 16.5. The fourth-order valence-corrected chi connectivity index (χ4v) is 1.80. The summed E-state index contributed by atoms with van der Waals surface area (Å²) in [6, 6.07) is 9.97. The number of aromatic nitrogens is 2. The van der Waals surface area contributed by atoms with Crippen molar-refractivity contribution in [1.82, 2.24) is 15.5 Å². The smallest absolute Gasteiger partial charge is 0.128 e. The van der Waals surface area contributed by atoms with Crippen molar-refractivity contribution in [3.8, 4) is 17.0 Å². The van der Waals surface area contributed by atoms with Crippen molar-refractivity contribution in [1.29, 1.82) is 0 Å². The van der Waals surface area contributed by atoms with Gasteiger partial charge in [-0.1, -0.05) is 11.6 Å². The van der Waals surface area contributed by atoms with Crippen LogP contribution in [0.3, 0.4) is 0 Å². The van der Waals surface area contributed by atoms with Crippen molar-refractivity contribution in [2.75, 3.05) is 14.2 Å². The Morgan fingerprint density at radius 3 is 2.61 bits per heavy atom. The minimum atomic E-state index is 0.720. The number of ether oxygens (including phenoxy) is 1. The van der Waals surface area contributed by atoms with Gasteiger partial charge in [-0.2, -0.15) is 10.2 Å². The lowest BCUT2D eigenvalue weighted by Crippen LogP contribution is -2.07. The van der Waals surface area contributed by atoms with Gasteiger partial charge in [0.25, 0.3) is 0 Å². The summed E-state index contributed by atoms with van der Waals surface area (Å²) in [5.74, 6) is 0.816. The van der Waals surface area contributed by atoms with Crippen LogP contribution in [-0.4, -0.2) is 24.4 Å². The molecule has 2 rings (SSSR count). The number of methoxy groups -OCH3 is 1. The highest BCUT2D eigenvalue weighted by Crippen LogP contribution is 2.28. The zero-order valence-corrected chi connectivity index (χ0v) is 10.9. The van der Waals surface area contributed by atoms with E-state index in [9.17, 15) is 0 Å². The number of hydrogen-bond donors (Lipinski definition) is 1. The zero-order chi connectivity index (χ0) is 13.0. The van der Waals surface area contributed by atoms with E-state index in [0.29, 0.717) is 0 Å². The van der Waals surface area contributed by atoms with Crippen molar-refractivity contribution in [3.05, 3.63) is 41.6 Å². The van der Waals surface area contributed by atoms with Crippen molar-refractivity contribution >= 4 is 0 Å². The molecule has 0 aliphatic carbocycles. The minimum absolute atomic E-state index is 0.720. The molecule has 0 saturated heterocycles. The average molecular weight is 243 g/mol. The fourth-order valence-electron chi connectivity index (χ4n) is 1.80. The van der Waals surface area contributed by atoms with E-state index in [-0.39, 0.29) is 0 Å². The number of aryl methyl sites for hydroxylation is 1. The largest absolute Gasteiger partial charge is 0.496 e. The molecule has 18 heavy (non-hydrogen) atoms. The average Bonchev–Trinajstić information content (AvgIpc) is 2.40. The maximum Gasteiger partial charge on any atom is 0.128 e. The zero-order valence-electron chi connectivity index (χ0n) is 10.9. The monoisotopic (exact) mass is 243 g/mol. The Balaban J connectivity index is 2.38. The van der Waals surface area contributed by atoms with E-state index >= 15 is 0 Å². The first-order valence-corrected chi connectivity index (χ1v) is 5.87. The van der Waals surface area contributed by atoms with E-state index in [1.807, 2.05) is 38.2 Å². The summed E-state index contributed by atoms with van der Waals surface area (Å²) in [5, 5.41) is 11.5. The number of nitrogens with zero attached hydrogens (tertiary/aromatic N) is 2. The first-order chi connectivity index (χ1) is 8.74. The molecule has 0 saturated carbocycles. The van der Waals surface area contributed by atoms with Crippen molar-refractivity contribution in [2.45, 2.75) is 13.5 Å². The lowest BCUT2D eigenvalue weighted by Gasteiger charge is -2.08. The number of benzene rings is 1. The third-order valence-corrected chi connectivity index (χ3v) is 2.71. The highest BCUT2D eigenvalue weighted by Gasteiger charge is 2.08. The summed E-state index contributed by atoms with van der Waals surface area (Å²) < 4.78 is 5.35. The van der Waals surface area contributed by atoms with Crippen LogP contribution in [0.4, 0.5) is 0 Å². The van der Waals surface area contributed by atoms with Crippen LogP contribution in [-0.2, 0) is 6.54 Å². The van der Waals surface area contributed by atoms with E-state index in [2.05, 4.69) is 21.6 Å². The molecule has 0 fully saturated rings. The summed E-state index contributed by atoms with van der Waals surface area (Å²) in [6.07, 6.45) is 0. The second-order valence-corrected chi connectivity index (χ2v) is 4.14. The summed E-state index contributed by atoms with van der Waals surface area (Å²) in [7, 11) is 3.55. The maximum absolute atomic E-state index is 5.35. The SMILES string of the molecule is CNCc1ccc(-c2cc(C)ccc2OC)nn1. The summed E-state index contributed by atoms with van der Waals surface area (Å²) in [5.41, 5.74) is 3.90. The molecule has 0 atom stereocenters. The molecule has 0 unspecified atom stereocenters. The van der Waals surface area contributed by atoms with Crippen LogP contribution in [0.5, 0.6) is 5.75 Å². The molecule has 0 bridgehead atoms. The molecule has 4 nitrogen and oxygen atoms in total. The van der Waals surface area contributed by atoms with Gasteiger partial charge >= 0.3 is 0 Å². The lowest BCUT2D eigenvalue weighted by molar-refractivity contribution is 0.416. The van der Waals surface area contributed by atoms with Crippen molar-refractivity contribution in [3.63, 3.8) is 0 Å². The molecule has 0 aliphatic rings. The molecule has 2 aromatic rings. The van der Waals surface area contributed by atoms with Crippen LogP contribution in [0, 0.1) is 6.92 Å². The first-order valence-electron chi connectivity index (χ1n) is 5.87. The predicted octanol–water partition coefficient (Wildman–Crippen LogP) is 2.18. The van der Waals surface area contributed by atoms with E-state index < -0.39 is 0 Å². The van der Waals surface area contributed by atoms with Crippen LogP contribution in [0.2, 0.25) is 0 Å². The van der Waals surface area contributed by atoms with Gasteiger partial charge in [-0.25, -0.2) is 0 Å². The molecule has 1 heterocycles. The van der Waals surface area contributed by atoms with Gasteiger partial charge in [-0.15, -0.1) is 0 Å². The molecule has 1 aromatic carbocycles. The van der Waals surface area contributed by atoms with Gasteiger partial charge < -0.3 is 10.1 Å². The highest BCUT2D eigenvalue weighted by molar-refractivity contribution is 5.67. The molecule has 94 valence electrons. The number of rotatable bonds is 4. The van der Waals surface area contributed by atoms with Gasteiger partial charge in [0, 0.05) is 12.1 Å². The van der Waals surface area contributed by atoms with Crippen LogP contribution in [0.25, 0.3) is 11.3 Å². The van der Waals surface area contributed by atoms with Gasteiger partial charge in [0.05, 0.1) is 18.5 Å². The van der Waals surface area contributed by atoms with Crippen molar-refractivity contribution < 1.29 is 4.74 Å². The van der Waals surface area contributed by atoms with Gasteiger partial charge in [-0.05, 0) is 38.2 Å². The minimum Gasteiger partial charge on any atom is -0.496 e. The molecular weight excluding hydrogens is 226 g/mol. The van der Waals surface area contributed by atoms with Crippen LogP contribution in [0.1, 0.15) is 11.3 Å². The molecule has 1 N–H and O–H groups in total. The Hall–Kier alpha value is -1.94. The van der Waals surface area contributed by atoms with Gasteiger partial charge in [0.15, 0.2) is 0 Å². The molecule has 0 radical (unpaired) electrons. The lowest BCUT2D eigenvalue weighted by atomic mass is 10.1. The topological polar surface area (TPSA) is 47.0 Å². The molecule has 4 heteroatoms. The van der Waals surface area contributed by atoms with E-state index in [0.717, 1.165) is 29.2 Å². The third kappa shape index (κ3) is 2.65. The number of nitrogens with one attached hydrogen (secondary N) is 1. The second kappa shape index (κ2) is 5.60.